The van der Waals surface area contributed by atoms with Gasteiger partial charge in [0.2, 0.25) is 0 Å². The molecule has 3 aromatic heterocycles. The Labute approximate surface area is 166 Å². The molecule has 1 amide bonds. The summed E-state index contributed by atoms with van der Waals surface area (Å²) in [6.45, 7) is 2.25. The molecule has 28 heavy (non-hydrogen) atoms. The smallest absolute Gasteiger partial charge is 0.278 e. The molecule has 0 aliphatic carbocycles. The third-order valence-corrected chi connectivity index (χ3v) is 5.51. The van der Waals surface area contributed by atoms with Crippen LogP contribution in [0.4, 0.5) is 5.13 Å². The number of carbonyl (C=O) groups is 1. The second-order valence-electron chi connectivity index (χ2n) is 6.38. The van der Waals surface area contributed by atoms with Crippen molar-refractivity contribution in [2.75, 3.05) is 12.0 Å². The van der Waals surface area contributed by atoms with Gasteiger partial charge in [-0.05, 0) is 36.2 Å². The molecule has 0 saturated carbocycles. The number of nitrogens with zero attached hydrogens (tertiary/aromatic N) is 5. The summed E-state index contributed by atoms with van der Waals surface area (Å²) in [5.74, 6) is 0.587. The number of carbonyl (C=O) groups excluding carboxylic acids is 1. The van der Waals surface area contributed by atoms with Crippen LogP contribution in [0.2, 0.25) is 0 Å². The number of pyridine rings is 1. The van der Waals surface area contributed by atoms with Crippen molar-refractivity contribution in [2.24, 2.45) is 7.05 Å². The number of aromatic nitrogens is 4. The lowest BCUT2D eigenvalue weighted by molar-refractivity contribution is 0.0975. The normalized spacial score (nSPS) is 11.0. The molecule has 4 aromatic rings. The zero-order chi connectivity index (χ0) is 19.7. The molecule has 0 fully saturated rings. The second-order valence-corrected chi connectivity index (χ2v) is 7.39. The number of fused-ring (bicyclic) bond motifs is 1. The minimum atomic E-state index is -0.146. The van der Waals surface area contributed by atoms with E-state index in [4.69, 9.17) is 9.72 Å². The molecule has 8 heteroatoms. The topological polar surface area (TPSA) is 73.1 Å². The minimum absolute atomic E-state index is 0.146. The number of hydrogen-bond acceptors (Lipinski definition) is 6. The number of amides is 1. The van der Waals surface area contributed by atoms with Crippen molar-refractivity contribution in [3.8, 4) is 5.75 Å². The molecule has 0 saturated heterocycles. The summed E-state index contributed by atoms with van der Waals surface area (Å²) in [7, 11) is 3.39. The van der Waals surface area contributed by atoms with Crippen molar-refractivity contribution < 1.29 is 9.53 Å². The predicted molar refractivity (Wildman–Crippen MR) is 109 cm³/mol. The monoisotopic (exact) mass is 393 g/mol. The molecular weight excluding hydrogens is 374 g/mol. The lowest BCUT2D eigenvalue weighted by atomic mass is 10.2. The maximum atomic E-state index is 13.4. The quantitative estimate of drug-likeness (QED) is 0.518. The van der Waals surface area contributed by atoms with E-state index in [1.807, 2.05) is 37.3 Å². The van der Waals surface area contributed by atoms with Gasteiger partial charge in [0.15, 0.2) is 5.13 Å². The van der Waals surface area contributed by atoms with Gasteiger partial charge in [0.25, 0.3) is 5.91 Å². The molecular formula is C20H19N5O2S. The molecule has 1 aromatic carbocycles. The van der Waals surface area contributed by atoms with Crippen LogP contribution in [0, 0.1) is 6.92 Å². The molecule has 3 heterocycles. The Balaban J connectivity index is 1.79. The maximum absolute atomic E-state index is 13.4. The first kappa shape index (κ1) is 18.1. The van der Waals surface area contributed by atoms with Crippen LogP contribution >= 0.6 is 11.3 Å². The Bertz CT molecular complexity index is 1120. The van der Waals surface area contributed by atoms with E-state index < -0.39 is 0 Å². The number of thiazole rings is 1. The highest BCUT2D eigenvalue weighted by Crippen LogP contribution is 2.33. The van der Waals surface area contributed by atoms with Crippen LogP contribution in [0.15, 0.2) is 48.9 Å². The molecule has 0 spiro atoms. The Morgan fingerprint density at radius 1 is 1.29 bits per heavy atom. The lowest BCUT2D eigenvalue weighted by Crippen LogP contribution is -2.32. The van der Waals surface area contributed by atoms with Crippen LogP contribution in [-0.4, -0.2) is 32.8 Å². The van der Waals surface area contributed by atoms with Crippen molar-refractivity contribution in [1.29, 1.82) is 0 Å². The SMILES string of the molecule is COc1ccc2sc(N(Cc3cccnc3)C(=O)c3c(C)cnn3C)nc2c1. The molecule has 0 aliphatic rings. The summed E-state index contributed by atoms with van der Waals surface area (Å²) in [6, 6.07) is 9.52. The van der Waals surface area contributed by atoms with Crippen molar-refractivity contribution in [2.45, 2.75) is 13.5 Å². The van der Waals surface area contributed by atoms with Crippen LogP contribution in [-0.2, 0) is 13.6 Å². The Morgan fingerprint density at radius 2 is 2.14 bits per heavy atom. The third-order valence-electron chi connectivity index (χ3n) is 4.45. The highest BCUT2D eigenvalue weighted by Gasteiger charge is 2.25. The largest absolute Gasteiger partial charge is 0.497 e. The predicted octanol–water partition coefficient (Wildman–Crippen LogP) is 3.59. The van der Waals surface area contributed by atoms with Crippen LogP contribution in [0.1, 0.15) is 21.6 Å². The van der Waals surface area contributed by atoms with E-state index in [1.54, 1.807) is 42.3 Å². The summed E-state index contributed by atoms with van der Waals surface area (Å²) in [5.41, 5.74) is 3.09. The first-order valence-corrected chi connectivity index (χ1v) is 9.52. The maximum Gasteiger partial charge on any atom is 0.278 e. The van der Waals surface area contributed by atoms with Gasteiger partial charge in [-0.15, -0.1) is 0 Å². The Hall–Kier alpha value is -3.26. The van der Waals surface area contributed by atoms with Crippen molar-refractivity contribution >= 4 is 32.6 Å². The summed E-state index contributed by atoms with van der Waals surface area (Å²) < 4.78 is 7.88. The van der Waals surface area contributed by atoms with Crippen LogP contribution in [0.3, 0.4) is 0 Å². The molecule has 4 rings (SSSR count). The molecule has 142 valence electrons. The van der Waals surface area contributed by atoms with E-state index >= 15 is 0 Å². The molecule has 0 radical (unpaired) electrons. The zero-order valence-electron chi connectivity index (χ0n) is 15.8. The fraction of sp³-hybridized carbons (Fsp3) is 0.200. The number of aryl methyl sites for hydroxylation is 2. The molecule has 7 nitrogen and oxygen atoms in total. The van der Waals surface area contributed by atoms with Crippen LogP contribution in [0.5, 0.6) is 5.75 Å². The van der Waals surface area contributed by atoms with Crippen LogP contribution in [0.25, 0.3) is 10.2 Å². The van der Waals surface area contributed by atoms with Gasteiger partial charge in [0.05, 0.1) is 30.1 Å². The van der Waals surface area contributed by atoms with Crippen molar-refractivity contribution in [1.82, 2.24) is 19.7 Å². The third kappa shape index (κ3) is 3.34. The first-order chi connectivity index (χ1) is 13.6. The summed E-state index contributed by atoms with van der Waals surface area (Å²) in [4.78, 5) is 24.0. The van der Waals surface area contributed by atoms with Gasteiger partial charge in [-0.2, -0.15) is 5.10 Å². The Morgan fingerprint density at radius 3 is 2.82 bits per heavy atom. The first-order valence-electron chi connectivity index (χ1n) is 8.71. The average molecular weight is 393 g/mol. The van der Waals surface area contributed by atoms with E-state index in [1.165, 1.54) is 11.3 Å². The van der Waals surface area contributed by atoms with E-state index in [0.717, 1.165) is 27.1 Å². The number of ether oxygens (including phenoxy) is 1. The highest BCUT2D eigenvalue weighted by atomic mass is 32.1. The van der Waals surface area contributed by atoms with Gasteiger partial charge in [-0.1, -0.05) is 17.4 Å². The summed E-state index contributed by atoms with van der Waals surface area (Å²) in [5, 5.41) is 4.83. The zero-order valence-corrected chi connectivity index (χ0v) is 16.6. The molecule has 0 atom stereocenters. The molecule has 0 aliphatic heterocycles. The number of rotatable bonds is 5. The van der Waals surface area contributed by atoms with Gasteiger partial charge >= 0.3 is 0 Å². The van der Waals surface area contributed by atoms with Gasteiger partial charge in [0.1, 0.15) is 11.4 Å². The molecule has 0 unspecified atom stereocenters. The standard InChI is InChI=1S/C20H19N5O2S/c1-13-10-22-24(2)18(13)19(26)25(12-14-5-4-8-21-11-14)20-23-16-9-15(27-3)6-7-17(16)28-20/h4-11H,12H2,1-3H3. The summed E-state index contributed by atoms with van der Waals surface area (Å²) >= 11 is 1.47. The molecule has 0 bridgehead atoms. The minimum Gasteiger partial charge on any atom is -0.497 e. The number of benzene rings is 1. The van der Waals surface area contributed by atoms with E-state index in [0.29, 0.717) is 17.4 Å². The number of anilines is 1. The molecule has 0 N–H and O–H groups in total. The van der Waals surface area contributed by atoms with Gasteiger partial charge in [-0.3, -0.25) is 19.4 Å². The van der Waals surface area contributed by atoms with Gasteiger partial charge in [-0.25, -0.2) is 4.98 Å². The average Bonchev–Trinajstić information content (AvgIpc) is 3.28. The fourth-order valence-corrected chi connectivity index (χ4v) is 3.96. The summed E-state index contributed by atoms with van der Waals surface area (Å²) in [6.07, 6.45) is 5.16. The van der Waals surface area contributed by atoms with Gasteiger partial charge in [0, 0.05) is 25.5 Å². The number of methoxy groups -OCH3 is 1. The van der Waals surface area contributed by atoms with Crippen molar-refractivity contribution in [3.63, 3.8) is 0 Å². The Kier molecular flexibility index (Phi) is 4.79. The lowest BCUT2D eigenvalue weighted by Gasteiger charge is -2.20. The second kappa shape index (κ2) is 7.40. The van der Waals surface area contributed by atoms with Crippen LogP contribution < -0.4 is 9.64 Å². The highest BCUT2D eigenvalue weighted by molar-refractivity contribution is 7.22. The van der Waals surface area contributed by atoms with Crippen molar-refractivity contribution in [3.05, 3.63) is 65.7 Å². The number of hydrogen-bond donors (Lipinski definition) is 0. The van der Waals surface area contributed by atoms with E-state index in [2.05, 4.69) is 10.1 Å². The van der Waals surface area contributed by atoms with Gasteiger partial charge < -0.3 is 4.74 Å². The van der Waals surface area contributed by atoms with E-state index in [9.17, 15) is 4.79 Å². The van der Waals surface area contributed by atoms with E-state index in [-0.39, 0.29) is 5.91 Å². The fourth-order valence-electron chi connectivity index (χ4n) is 3.02.